The zero-order valence-corrected chi connectivity index (χ0v) is 14.6. The number of hydrogen-bond donors (Lipinski definition) is 2. The van der Waals surface area contributed by atoms with Gasteiger partial charge in [0.1, 0.15) is 0 Å². The molecule has 2 unspecified atom stereocenters. The molecule has 1 heterocycles. The molecule has 1 aromatic carbocycles. The van der Waals surface area contributed by atoms with E-state index in [-0.39, 0.29) is 18.8 Å². The van der Waals surface area contributed by atoms with Gasteiger partial charge in [0, 0.05) is 35.8 Å². The second kappa shape index (κ2) is 7.58. The SMILES string of the molecule is CC(C)NCc1ccc(N2CC(C)OC(CO)C2)cc1Br. The first-order valence-electron chi connectivity index (χ1n) is 7.52. The first-order valence-corrected chi connectivity index (χ1v) is 8.32. The molecule has 0 radical (unpaired) electrons. The first kappa shape index (κ1) is 16.7. The maximum absolute atomic E-state index is 9.32. The van der Waals surface area contributed by atoms with Crippen molar-refractivity contribution in [1.29, 1.82) is 0 Å². The number of aliphatic hydroxyl groups excluding tert-OH is 1. The standard InChI is InChI=1S/C16H25BrN2O2/c1-11(2)18-7-13-4-5-14(6-16(13)17)19-8-12(3)21-15(9-19)10-20/h4-6,11-12,15,18,20H,7-10H2,1-3H3. The van der Waals surface area contributed by atoms with E-state index in [0.29, 0.717) is 6.04 Å². The Balaban J connectivity index is 2.08. The van der Waals surface area contributed by atoms with Crippen LogP contribution >= 0.6 is 15.9 Å². The summed E-state index contributed by atoms with van der Waals surface area (Å²) in [6, 6.07) is 6.93. The molecule has 5 heteroatoms. The van der Waals surface area contributed by atoms with E-state index in [0.717, 1.165) is 24.1 Å². The lowest BCUT2D eigenvalue weighted by Crippen LogP contribution is -2.48. The van der Waals surface area contributed by atoms with Crippen molar-refractivity contribution in [1.82, 2.24) is 5.32 Å². The topological polar surface area (TPSA) is 44.7 Å². The lowest BCUT2D eigenvalue weighted by Gasteiger charge is -2.37. The molecule has 2 atom stereocenters. The molecule has 4 nitrogen and oxygen atoms in total. The molecule has 2 N–H and O–H groups in total. The van der Waals surface area contributed by atoms with Gasteiger partial charge in [-0.25, -0.2) is 0 Å². The van der Waals surface area contributed by atoms with Crippen LogP contribution < -0.4 is 10.2 Å². The summed E-state index contributed by atoms with van der Waals surface area (Å²) >= 11 is 3.66. The van der Waals surface area contributed by atoms with E-state index in [1.165, 1.54) is 11.3 Å². The molecule has 0 amide bonds. The van der Waals surface area contributed by atoms with E-state index in [2.05, 4.69) is 58.2 Å². The van der Waals surface area contributed by atoms with Gasteiger partial charge in [-0.05, 0) is 24.6 Å². The summed E-state index contributed by atoms with van der Waals surface area (Å²) < 4.78 is 6.81. The molecule has 0 saturated carbocycles. The minimum atomic E-state index is -0.102. The van der Waals surface area contributed by atoms with E-state index < -0.39 is 0 Å². The molecular formula is C16H25BrN2O2. The van der Waals surface area contributed by atoms with Crippen molar-refractivity contribution >= 4 is 21.6 Å². The number of ether oxygens (including phenoxy) is 1. The van der Waals surface area contributed by atoms with E-state index in [1.54, 1.807) is 0 Å². The molecular weight excluding hydrogens is 332 g/mol. The van der Waals surface area contributed by atoms with Crippen LogP contribution in [0.4, 0.5) is 5.69 Å². The third kappa shape index (κ3) is 4.68. The van der Waals surface area contributed by atoms with Crippen molar-refractivity contribution in [2.75, 3.05) is 24.6 Å². The van der Waals surface area contributed by atoms with Crippen molar-refractivity contribution in [3.8, 4) is 0 Å². The zero-order valence-electron chi connectivity index (χ0n) is 13.0. The van der Waals surface area contributed by atoms with Crippen molar-refractivity contribution in [2.24, 2.45) is 0 Å². The van der Waals surface area contributed by atoms with Crippen LogP contribution in [0.1, 0.15) is 26.3 Å². The Morgan fingerprint density at radius 2 is 2.19 bits per heavy atom. The normalized spacial score (nSPS) is 22.9. The van der Waals surface area contributed by atoms with Gasteiger partial charge < -0.3 is 20.1 Å². The van der Waals surface area contributed by atoms with E-state index in [4.69, 9.17) is 4.74 Å². The molecule has 0 aromatic heterocycles. The van der Waals surface area contributed by atoms with E-state index in [9.17, 15) is 5.11 Å². The average molecular weight is 357 g/mol. The maximum atomic E-state index is 9.32. The number of hydrogen-bond acceptors (Lipinski definition) is 4. The molecule has 0 aliphatic carbocycles. The predicted octanol–water partition coefficient (Wildman–Crippen LogP) is 2.53. The van der Waals surface area contributed by atoms with E-state index >= 15 is 0 Å². The van der Waals surface area contributed by atoms with Gasteiger partial charge in [0.25, 0.3) is 0 Å². The molecule has 1 saturated heterocycles. The Bertz CT molecular complexity index is 468. The average Bonchev–Trinajstić information content (AvgIpc) is 2.45. The van der Waals surface area contributed by atoms with Gasteiger partial charge in [0.15, 0.2) is 0 Å². The van der Waals surface area contributed by atoms with Crippen molar-refractivity contribution in [2.45, 2.75) is 45.6 Å². The van der Waals surface area contributed by atoms with Crippen LogP contribution in [0.5, 0.6) is 0 Å². The summed E-state index contributed by atoms with van der Waals surface area (Å²) in [7, 11) is 0. The molecule has 0 spiro atoms. The minimum absolute atomic E-state index is 0.0679. The second-order valence-corrected chi connectivity index (χ2v) is 6.82. The summed E-state index contributed by atoms with van der Waals surface area (Å²) in [5.74, 6) is 0. The van der Waals surface area contributed by atoms with Gasteiger partial charge in [-0.2, -0.15) is 0 Å². The number of nitrogens with one attached hydrogen (secondary N) is 1. The van der Waals surface area contributed by atoms with E-state index in [1.807, 2.05) is 6.92 Å². The molecule has 1 fully saturated rings. The number of rotatable bonds is 5. The van der Waals surface area contributed by atoms with Crippen LogP contribution in [0.15, 0.2) is 22.7 Å². The smallest absolute Gasteiger partial charge is 0.0984 e. The fourth-order valence-electron chi connectivity index (χ4n) is 2.55. The van der Waals surface area contributed by atoms with Gasteiger partial charge in [-0.15, -0.1) is 0 Å². The molecule has 1 aliphatic rings. The summed E-state index contributed by atoms with van der Waals surface area (Å²) in [5.41, 5.74) is 2.43. The maximum Gasteiger partial charge on any atom is 0.0984 e. The quantitative estimate of drug-likeness (QED) is 0.850. The van der Waals surface area contributed by atoms with Gasteiger partial charge in [0.05, 0.1) is 18.8 Å². The number of morpholine rings is 1. The molecule has 118 valence electrons. The molecule has 21 heavy (non-hydrogen) atoms. The Morgan fingerprint density at radius 1 is 1.43 bits per heavy atom. The van der Waals surface area contributed by atoms with Crippen molar-refractivity contribution in [3.63, 3.8) is 0 Å². The Hall–Kier alpha value is -0.620. The lowest BCUT2D eigenvalue weighted by atomic mass is 10.1. The number of anilines is 1. The monoisotopic (exact) mass is 356 g/mol. The predicted molar refractivity (Wildman–Crippen MR) is 89.8 cm³/mol. The molecule has 0 bridgehead atoms. The summed E-state index contributed by atoms with van der Waals surface area (Å²) in [4.78, 5) is 2.28. The largest absolute Gasteiger partial charge is 0.394 e. The van der Waals surface area contributed by atoms with Crippen LogP contribution in [0.25, 0.3) is 0 Å². The number of benzene rings is 1. The molecule has 1 aliphatic heterocycles. The van der Waals surface area contributed by atoms with Crippen LogP contribution in [-0.4, -0.2) is 43.1 Å². The summed E-state index contributed by atoms with van der Waals surface area (Å²) in [6.07, 6.45) is 0.0340. The van der Waals surface area contributed by atoms with Crippen molar-refractivity contribution in [3.05, 3.63) is 28.2 Å². The Morgan fingerprint density at radius 3 is 2.81 bits per heavy atom. The zero-order chi connectivity index (χ0) is 15.4. The van der Waals surface area contributed by atoms with Crippen molar-refractivity contribution < 1.29 is 9.84 Å². The molecule has 1 aromatic rings. The molecule has 2 rings (SSSR count). The minimum Gasteiger partial charge on any atom is -0.394 e. The Kier molecular flexibility index (Phi) is 6.05. The van der Waals surface area contributed by atoms with Crippen LogP contribution in [-0.2, 0) is 11.3 Å². The number of nitrogens with zero attached hydrogens (tertiary/aromatic N) is 1. The number of aliphatic hydroxyl groups is 1. The highest BCUT2D eigenvalue weighted by Crippen LogP contribution is 2.26. The summed E-state index contributed by atoms with van der Waals surface area (Å²) in [6.45, 7) is 8.85. The van der Waals surface area contributed by atoms with Gasteiger partial charge in [0.2, 0.25) is 0 Å². The third-order valence-corrected chi connectivity index (χ3v) is 4.37. The highest BCUT2D eigenvalue weighted by Gasteiger charge is 2.25. The number of halogens is 1. The second-order valence-electron chi connectivity index (χ2n) is 5.97. The van der Waals surface area contributed by atoms with Gasteiger partial charge in [-0.1, -0.05) is 35.8 Å². The fourth-order valence-corrected chi connectivity index (χ4v) is 3.05. The highest BCUT2D eigenvalue weighted by molar-refractivity contribution is 9.10. The van der Waals surface area contributed by atoms with Gasteiger partial charge in [-0.3, -0.25) is 0 Å². The van der Waals surface area contributed by atoms with Crippen LogP contribution in [0.2, 0.25) is 0 Å². The third-order valence-electron chi connectivity index (χ3n) is 3.63. The van der Waals surface area contributed by atoms with Crippen LogP contribution in [0.3, 0.4) is 0 Å². The van der Waals surface area contributed by atoms with Crippen LogP contribution in [0, 0.1) is 0 Å². The van der Waals surface area contributed by atoms with Gasteiger partial charge >= 0.3 is 0 Å². The highest BCUT2D eigenvalue weighted by atomic mass is 79.9. The Labute approximate surface area is 135 Å². The fraction of sp³-hybridized carbons (Fsp3) is 0.625. The first-order chi connectivity index (χ1) is 9.99. The lowest BCUT2D eigenvalue weighted by molar-refractivity contribution is -0.0421. The summed E-state index contributed by atoms with van der Waals surface area (Å²) in [5, 5.41) is 12.8.